The Labute approximate surface area is 300 Å². The highest BCUT2D eigenvalue weighted by Gasteiger charge is 2.41. The fraction of sp³-hybridized carbons (Fsp3) is 0.500. The van der Waals surface area contributed by atoms with Crippen molar-refractivity contribution in [2.45, 2.75) is 69.9 Å². The average Bonchev–Trinajstić information content (AvgIpc) is 3.95. The minimum Gasteiger partial charge on any atom is -0.508 e. The largest absolute Gasteiger partial charge is 0.508 e. The molecule has 0 spiro atoms. The highest BCUT2D eigenvalue weighted by atomic mass is 16.3. The Hall–Kier alpha value is -4.37. The lowest BCUT2D eigenvalue weighted by Crippen LogP contribution is -2.52. The number of phenolic OH excluding ortho intramolecular Hbond substituents is 1. The van der Waals surface area contributed by atoms with E-state index in [9.17, 15) is 19.5 Å². The molecule has 9 rings (SSSR count). The number of fused-ring (bicyclic) bond motifs is 2. The van der Waals surface area contributed by atoms with Crippen LogP contribution in [-0.2, 0) is 22.6 Å². The zero-order chi connectivity index (χ0) is 34.6. The number of piperazine rings is 1. The monoisotopic (exact) mass is 687 g/mol. The predicted molar refractivity (Wildman–Crippen MR) is 197 cm³/mol. The van der Waals surface area contributed by atoms with Gasteiger partial charge in [0.1, 0.15) is 11.8 Å². The first-order valence-electron chi connectivity index (χ1n) is 19.3. The van der Waals surface area contributed by atoms with Gasteiger partial charge in [-0.25, -0.2) is 0 Å². The molecule has 1 saturated carbocycles. The fourth-order valence-electron chi connectivity index (χ4n) is 9.87. The number of nitrogens with one attached hydrogen (secondary N) is 1. The molecule has 6 aliphatic rings. The van der Waals surface area contributed by atoms with Gasteiger partial charge in [0.2, 0.25) is 11.8 Å². The molecular weight excluding hydrogens is 638 g/mol. The number of nitrogens with zero attached hydrogens (tertiary/aromatic N) is 4. The molecule has 3 aromatic carbocycles. The summed E-state index contributed by atoms with van der Waals surface area (Å²) in [7, 11) is 0. The second-order valence-corrected chi connectivity index (χ2v) is 16.0. The number of imide groups is 1. The van der Waals surface area contributed by atoms with Crippen LogP contribution in [-0.4, -0.2) is 84.5 Å². The first kappa shape index (κ1) is 32.5. The van der Waals surface area contributed by atoms with Crippen LogP contribution in [0.15, 0.2) is 60.7 Å². The van der Waals surface area contributed by atoms with Crippen molar-refractivity contribution in [2.24, 2.45) is 17.8 Å². The van der Waals surface area contributed by atoms with Crippen LogP contribution in [0.25, 0.3) is 0 Å². The molecule has 2 N–H and O–H groups in total. The van der Waals surface area contributed by atoms with Crippen molar-refractivity contribution in [2.75, 3.05) is 55.6 Å². The van der Waals surface area contributed by atoms with Crippen molar-refractivity contribution in [3.63, 3.8) is 0 Å². The molecule has 4 heterocycles. The lowest BCUT2D eigenvalue weighted by Gasteiger charge is -2.40. The van der Waals surface area contributed by atoms with Gasteiger partial charge in [-0.05, 0) is 127 Å². The maximum Gasteiger partial charge on any atom is 0.255 e. The number of anilines is 2. The molecule has 3 saturated heterocycles. The standard InChI is InChI=1S/C42H49N5O4/c48-34-9-12-36-30(24-34)5-10-35(28-1-2-28)40(36)29-3-6-32(7-4-29)45-17-15-27(16-18-45)25-44-19-21-46(22-20-44)33-8-11-37-31(23-33)26-47(42(37)51)38-13-14-39(49)43-41(38)50/h3-4,6-9,11-12,23-24,27-28,35,38,40,48H,1-2,5,10,13-22,25-26H2,(H,43,49,50). The Morgan fingerprint density at radius 1 is 0.706 bits per heavy atom. The van der Waals surface area contributed by atoms with E-state index in [-0.39, 0.29) is 24.1 Å². The number of benzene rings is 3. The number of carbonyl (C=O) groups is 3. The van der Waals surface area contributed by atoms with Gasteiger partial charge in [-0.15, -0.1) is 0 Å². The van der Waals surface area contributed by atoms with Crippen LogP contribution in [0.2, 0.25) is 0 Å². The lowest BCUT2D eigenvalue weighted by atomic mass is 9.70. The number of hydrogen-bond donors (Lipinski definition) is 2. The number of hydrogen-bond acceptors (Lipinski definition) is 7. The Kier molecular flexibility index (Phi) is 8.49. The predicted octanol–water partition coefficient (Wildman–Crippen LogP) is 5.30. The highest BCUT2D eigenvalue weighted by molar-refractivity contribution is 6.05. The summed E-state index contributed by atoms with van der Waals surface area (Å²) in [6.07, 6.45) is 8.12. The van der Waals surface area contributed by atoms with Gasteiger partial charge in [0.05, 0.1) is 0 Å². The minimum atomic E-state index is -0.579. The van der Waals surface area contributed by atoms with Crippen molar-refractivity contribution in [1.29, 1.82) is 0 Å². The number of phenols is 1. The van der Waals surface area contributed by atoms with Crippen LogP contribution in [0.3, 0.4) is 0 Å². The van der Waals surface area contributed by atoms with Gasteiger partial charge in [-0.3, -0.25) is 24.6 Å². The summed E-state index contributed by atoms with van der Waals surface area (Å²) in [5.74, 6) is 2.35. The summed E-state index contributed by atoms with van der Waals surface area (Å²) in [4.78, 5) is 46.4. The molecule has 3 atom stereocenters. The Balaban J connectivity index is 0.765. The number of aromatic hydroxyl groups is 1. The topological polar surface area (TPSA) is 96.4 Å². The maximum atomic E-state index is 13.1. The van der Waals surface area contributed by atoms with E-state index >= 15 is 0 Å². The molecule has 2 aliphatic carbocycles. The molecule has 51 heavy (non-hydrogen) atoms. The normalized spacial score (nSPS) is 25.9. The quantitative estimate of drug-likeness (QED) is 0.326. The van der Waals surface area contributed by atoms with Crippen molar-refractivity contribution in [1.82, 2.24) is 15.1 Å². The smallest absolute Gasteiger partial charge is 0.255 e. The molecule has 9 heteroatoms. The van der Waals surface area contributed by atoms with Crippen LogP contribution >= 0.6 is 0 Å². The second kappa shape index (κ2) is 13.3. The first-order chi connectivity index (χ1) is 24.9. The van der Waals surface area contributed by atoms with Gasteiger partial charge in [0.15, 0.2) is 0 Å². The molecule has 0 aromatic heterocycles. The third-order valence-corrected chi connectivity index (χ3v) is 12.9. The van der Waals surface area contributed by atoms with E-state index in [2.05, 4.69) is 56.4 Å². The summed E-state index contributed by atoms with van der Waals surface area (Å²) < 4.78 is 0. The molecule has 3 aromatic rings. The van der Waals surface area contributed by atoms with Crippen LogP contribution in [0, 0.1) is 17.8 Å². The van der Waals surface area contributed by atoms with Crippen molar-refractivity contribution < 1.29 is 19.5 Å². The number of rotatable bonds is 7. The number of amides is 3. The molecule has 0 bridgehead atoms. The van der Waals surface area contributed by atoms with E-state index < -0.39 is 6.04 Å². The minimum absolute atomic E-state index is 0.117. The number of piperidine rings is 2. The Bertz CT molecular complexity index is 1820. The van der Waals surface area contributed by atoms with Gasteiger partial charge >= 0.3 is 0 Å². The van der Waals surface area contributed by atoms with Crippen molar-refractivity contribution in [3.8, 4) is 5.75 Å². The molecule has 4 aliphatic heterocycles. The zero-order valence-electron chi connectivity index (χ0n) is 29.4. The maximum absolute atomic E-state index is 13.1. The highest BCUT2D eigenvalue weighted by Crippen LogP contribution is 2.52. The number of aryl methyl sites for hydroxylation is 1. The third-order valence-electron chi connectivity index (χ3n) is 12.9. The van der Waals surface area contributed by atoms with E-state index in [1.165, 1.54) is 54.5 Å². The van der Waals surface area contributed by atoms with Crippen molar-refractivity contribution >= 4 is 29.1 Å². The summed E-state index contributed by atoms with van der Waals surface area (Å²) in [5, 5.41) is 12.5. The van der Waals surface area contributed by atoms with Crippen molar-refractivity contribution in [3.05, 3.63) is 88.5 Å². The van der Waals surface area contributed by atoms with Gasteiger partial charge < -0.3 is 19.8 Å². The average molecular weight is 688 g/mol. The van der Waals surface area contributed by atoms with Gasteiger partial charge in [0, 0.05) is 81.6 Å². The summed E-state index contributed by atoms with van der Waals surface area (Å²) >= 11 is 0. The molecule has 9 nitrogen and oxygen atoms in total. The summed E-state index contributed by atoms with van der Waals surface area (Å²) in [6, 6.07) is 21.0. The van der Waals surface area contributed by atoms with Crippen LogP contribution in [0.1, 0.15) is 83.5 Å². The molecule has 3 unspecified atom stereocenters. The Morgan fingerprint density at radius 3 is 2.20 bits per heavy atom. The fourth-order valence-corrected chi connectivity index (χ4v) is 9.87. The van der Waals surface area contributed by atoms with Gasteiger partial charge in [-0.1, -0.05) is 18.2 Å². The van der Waals surface area contributed by atoms with E-state index in [4.69, 9.17) is 0 Å². The molecule has 0 radical (unpaired) electrons. The van der Waals surface area contributed by atoms with Crippen LogP contribution < -0.4 is 15.1 Å². The molecule has 4 fully saturated rings. The van der Waals surface area contributed by atoms with E-state index in [0.29, 0.717) is 42.0 Å². The third kappa shape index (κ3) is 6.39. The lowest BCUT2D eigenvalue weighted by molar-refractivity contribution is -0.136. The van der Waals surface area contributed by atoms with Crippen LogP contribution in [0.4, 0.5) is 11.4 Å². The van der Waals surface area contributed by atoms with Crippen LogP contribution in [0.5, 0.6) is 5.75 Å². The number of carbonyl (C=O) groups excluding carboxylic acids is 3. The van der Waals surface area contributed by atoms with E-state index in [0.717, 1.165) is 69.4 Å². The SMILES string of the molecule is O=C1CCC(N2Cc3cc(N4CCN(CC5CCN(c6ccc(C7c8ccc(O)cc8CCC7C7CC7)cc6)CC5)CC4)ccc3C2=O)C(=O)N1. The molecular formula is C42H49N5O4. The van der Waals surface area contributed by atoms with E-state index in [1.807, 2.05) is 24.3 Å². The summed E-state index contributed by atoms with van der Waals surface area (Å²) in [6.45, 7) is 7.76. The molecule has 3 amide bonds. The first-order valence-corrected chi connectivity index (χ1v) is 19.3. The van der Waals surface area contributed by atoms with Gasteiger partial charge in [0.25, 0.3) is 5.91 Å². The Morgan fingerprint density at radius 2 is 1.45 bits per heavy atom. The molecule has 266 valence electrons. The van der Waals surface area contributed by atoms with Gasteiger partial charge in [-0.2, -0.15) is 0 Å². The van der Waals surface area contributed by atoms with E-state index in [1.54, 1.807) is 4.90 Å². The summed E-state index contributed by atoms with van der Waals surface area (Å²) in [5.41, 5.74) is 8.29. The second-order valence-electron chi connectivity index (χ2n) is 16.0. The zero-order valence-corrected chi connectivity index (χ0v) is 29.4.